The Morgan fingerprint density at radius 3 is 2.41 bits per heavy atom. The molecule has 0 fully saturated rings. The fraction of sp³-hybridized carbons (Fsp3) is 0.571. The average Bonchev–Trinajstić information content (AvgIpc) is 2.32. The molecule has 0 rings (SSSR count). The molecule has 0 aliphatic heterocycles. The summed E-state index contributed by atoms with van der Waals surface area (Å²) >= 11 is 0. The van der Waals surface area contributed by atoms with Crippen LogP contribution in [0.3, 0.4) is 0 Å². The first-order valence-electron chi connectivity index (χ1n) is 6.23. The molecule has 0 aromatic carbocycles. The first-order valence-corrected chi connectivity index (χ1v) is 6.23. The number of rotatable bonds is 8. The van der Waals surface area contributed by atoms with Gasteiger partial charge in [-0.15, -0.1) is 0 Å². The summed E-state index contributed by atoms with van der Waals surface area (Å²) < 4.78 is 4.61. The summed E-state index contributed by atoms with van der Waals surface area (Å²) in [7, 11) is 0. The molecule has 3 heteroatoms. The first-order chi connectivity index (χ1) is 8.15. The molecule has 0 aromatic rings. The fourth-order valence-electron chi connectivity index (χ4n) is 1.47. The number of allylic oxidation sites excluding steroid dienone is 1. The van der Waals surface area contributed by atoms with Crippen LogP contribution in [0.2, 0.25) is 0 Å². The normalized spacial score (nSPS) is 11.1. The van der Waals surface area contributed by atoms with Crippen molar-refractivity contribution < 1.29 is 14.3 Å². The maximum absolute atomic E-state index is 11.6. The van der Waals surface area contributed by atoms with Crippen molar-refractivity contribution in [3.63, 3.8) is 0 Å². The van der Waals surface area contributed by atoms with E-state index < -0.39 is 11.9 Å². The molecule has 0 aliphatic rings. The molecule has 3 nitrogen and oxygen atoms in total. The Hall–Kier alpha value is -1.38. The first kappa shape index (κ1) is 15.6. The van der Waals surface area contributed by atoms with E-state index in [0.717, 1.165) is 31.8 Å². The molecule has 0 spiro atoms. The van der Waals surface area contributed by atoms with Crippen LogP contribution in [0.5, 0.6) is 0 Å². The number of hydrogen-bond donors (Lipinski definition) is 0. The minimum atomic E-state index is -0.689. The van der Waals surface area contributed by atoms with E-state index in [0.29, 0.717) is 12.0 Å². The monoisotopic (exact) mass is 238 g/mol. The quantitative estimate of drug-likeness (QED) is 0.281. The van der Waals surface area contributed by atoms with Crippen molar-refractivity contribution in [2.75, 3.05) is 0 Å². The molecule has 0 amide bonds. The van der Waals surface area contributed by atoms with Crippen LogP contribution in [0.4, 0.5) is 0 Å². The van der Waals surface area contributed by atoms with Crippen LogP contribution in [0.1, 0.15) is 52.4 Å². The number of carbonyl (C=O) groups excluding carboxylic acids is 2. The molecule has 0 saturated carbocycles. The molecular weight excluding hydrogens is 216 g/mol. The van der Waals surface area contributed by atoms with E-state index in [1.807, 2.05) is 13.0 Å². The van der Waals surface area contributed by atoms with Gasteiger partial charge in [-0.2, -0.15) is 0 Å². The highest BCUT2D eigenvalue weighted by Crippen LogP contribution is 2.12. The third-order valence-electron chi connectivity index (χ3n) is 2.37. The van der Waals surface area contributed by atoms with Crippen LogP contribution < -0.4 is 0 Å². The molecule has 0 unspecified atom stereocenters. The molecule has 0 heterocycles. The van der Waals surface area contributed by atoms with Gasteiger partial charge in [0.1, 0.15) is 0 Å². The van der Waals surface area contributed by atoms with Crippen molar-refractivity contribution in [1.29, 1.82) is 0 Å². The van der Waals surface area contributed by atoms with Gasteiger partial charge in [0.15, 0.2) is 0 Å². The van der Waals surface area contributed by atoms with Crippen LogP contribution in [-0.2, 0) is 14.3 Å². The van der Waals surface area contributed by atoms with E-state index in [4.69, 9.17) is 0 Å². The van der Waals surface area contributed by atoms with Gasteiger partial charge < -0.3 is 4.74 Å². The van der Waals surface area contributed by atoms with Gasteiger partial charge in [-0.05, 0) is 19.3 Å². The summed E-state index contributed by atoms with van der Waals surface area (Å²) in [6.07, 6.45) is 8.64. The summed E-state index contributed by atoms with van der Waals surface area (Å²) in [5.41, 5.74) is 0.596. The van der Waals surface area contributed by atoms with Crippen LogP contribution in [-0.4, -0.2) is 11.9 Å². The summed E-state index contributed by atoms with van der Waals surface area (Å²) in [5, 5.41) is 0. The van der Waals surface area contributed by atoms with Crippen LogP contribution in [0.25, 0.3) is 0 Å². The molecular formula is C14H22O3. The van der Waals surface area contributed by atoms with Gasteiger partial charge in [-0.25, -0.2) is 9.59 Å². The number of hydrogen-bond acceptors (Lipinski definition) is 3. The van der Waals surface area contributed by atoms with Crippen LogP contribution in [0.15, 0.2) is 24.3 Å². The summed E-state index contributed by atoms with van der Waals surface area (Å²) in [6.45, 7) is 7.35. The topological polar surface area (TPSA) is 43.4 Å². The third kappa shape index (κ3) is 7.50. The smallest absolute Gasteiger partial charge is 0.341 e. The Morgan fingerprint density at radius 1 is 1.18 bits per heavy atom. The number of ether oxygens (including phenoxy) is 1. The summed E-state index contributed by atoms with van der Waals surface area (Å²) in [6, 6.07) is 0. The van der Waals surface area contributed by atoms with Gasteiger partial charge >= 0.3 is 11.9 Å². The molecule has 0 aromatic heterocycles. The Balaban J connectivity index is 4.22. The van der Waals surface area contributed by atoms with Gasteiger partial charge in [0.25, 0.3) is 0 Å². The maximum atomic E-state index is 11.6. The van der Waals surface area contributed by atoms with Crippen molar-refractivity contribution in [2.24, 2.45) is 0 Å². The molecule has 96 valence electrons. The Bertz CT molecular complexity index is 290. The zero-order valence-electron chi connectivity index (χ0n) is 10.8. The van der Waals surface area contributed by atoms with E-state index in [-0.39, 0.29) is 0 Å². The molecule has 0 aliphatic carbocycles. The van der Waals surface area contributed by atoms with Crippen LogP contribution >= 0.6 is 0 Å². The largest absolute Gasteiger partial charge is 0.386 e. The van der Waals surface area contributed by atoms with E-state index in [1.54, 1.807) is 0 Å². The lowest BCUT2D eigenvalue weighted by molar-refractivity contribution is -0.153. The highest BCUT2D eigenvalue weighted by atomic mass is 16.6. The second kappa shape index (κ2) is 9.82. The van der Waals surface area contributed by atoms with Crippen molar-refractivity contribution in [3.8, 4) is 0 Å². The average molecular weight is 238 g/mol. The van der Waals surface area contributed by atoms with Gasteiger partial charge in [-0.3, -0.25) is 0 Å². The second-order valence-corrected chi connectivity index (χ2v) is 3.86. The Kier molecular flexibility index (Phi) is 9.02. The van der Waals surface area contributed by atoms with Gasteiger partial charge in [0, 0.05) is 11.6 Å². The van der Waals surface area contributed by atoms with E-state index >= 15 is 0 Å². The zero-order valence-corrected chi connectivity index (χ0v) is 10.8. The van der Waals surface area contributed by atoms with Crippen molar-refractivity contribution in [1.82, 2.24) is 0 Å². The molecule has 0 N–H and O–H groups in total. The zero-order chi connectivity index (χ0) is 13.1. The molecule has 0 atom stereocenters. The number of carbonyl (C=O) groups is 2. The Morgan fingerprint density at radius 2 is 1.88 bits per heavy atom. The number of esters is 2. The summed E-state index contributed by atoms with van der Waals surface area (Å²) in [4.78, 5) is 22.5. The highest BCUT2D eigenvalue weighted by Gasteiger charge is 2.12. The fourth-order valence-corrected chi connectivity index (χ4v) is 1.47. The minimum Gasteiger partial charge on any atom is -0.386 e. The predicted octanol–water partition coefficient (Wildman–Crippen LogP) is 3.55. The van der Waals surface area contributed by atoms with Crippen molar-refractivity contribution in [3.05, 3.63) is 24.3 Å². The second-order valence-electron chi connectivity index (χ2n) is 3.86. The SMILES string of the molecule is C=CC(=O)OC(=O)C(=CCC)CCCCCC. The predicted molar refractivity (Wildman–Crippen MR) is 68.4 cm³/mol. The van der Waals surface area contributed by atoms with E-state index in [2.05, 4.69) is 18.2 Å². The third-order valence-corrected chi connectivity index (χ3v) is 2.37. The lowest BCUT2D eigenvalue weighted by atomic mass is 10.1. The van der Waals surface area contributed by atoms with Gasteiger partial charge in [-0.1, -0.05) is 45.8 Å². The van der Waals surface area contributed by atoms with Gasteiger partial charge in [0.05, 0.1) is 0 Å². The minimum absolute atomic E-state index is 0.534. The lowest BCUT2D eigenvalue weighted by Crippen LogP contribution is -2.12. The number of unbranched alkanes of at least 4 members (excludes halogenated alkanes) is 3. The summed E-state index contributed by atoms with van der Waals surface area (Å²) in [5.74, 6) is -1.22. The standard InChI is InChI=1S/C14H22O3/c1-4-7-8-9-11-12(10-5-2)14(16)17-13(15)6-3/h6,10H,3-5,7-9,11H2,1-2H3. The van der Waals surface area contributed by atoms with Crippen molar-refractivity contribution in [2.45, 2.75) is 52.4 Å². The Labute approximate surface area is 104 Å². The highest BCUT2D eigenvalue weighted by molar-refractivity contribution is 5.99. The molecule has 0 bridgehead atoms. The van der Waals surface area contributed by atoms with Crippen molar-refractivity contribution >= 4 is 11.9 Å². The molecule has 17 heavy (non-hydrogen) atoms. The van der Waals surface area contributed by atoms with E-state index in [9.17, 15) is 9.59 Å². The van der Waals surface area contributed by atoms with E-state index in [1.165, 1.54) is 6.42 Å². The molecule has 0 radical (unpaired) electrons. The lowest BCUT2D eigenvalue weighted by Gasteiger charge is -2.05. The molecule has 0 saturated heterocycles. The maximum Gasteiger partial charge on any atom is 0.341 e. The van der Waals surface area contributed by atoms with Crippen LogP contribution in [0, 0.1) is 0 Å². The van der Waals surface area contributed by atoms with Gasteiger partial charge in [0.2, 0.25) is 0 Å².